The molecule has 2 aromatic carbocycles. The normalized spacial score (nSPS) is 14.9. The van der Waals surface area contributed by atoms with Gasteiger partial charge in [0.2, 0.25) is 0 Å². The molecule has 1 atom stereocenters. The smallest absolute Gasteiger partial charge is 0.270 e. The third-order valence-electron chi connectivity index (χ3n) is 6.96. The summed E-state index contributed by atoms with van der Waals surface area (Å²) in [5.74, 6) is -0.350. The zero-order valence-corrected chi connectivity index (χ0v) is 22.4. The molecule has 0 radical (unpaired) electrons. The third-order valence-corrected chi connectivity index (χ3v) is 7.41. The molecule has 194 valence electrons. The van der Waals surface area contributed by atoms with Crippen LogP contribution in [0.25, 0.3) is 11.0 Å². The SMILES string of the molecule is COc1cc(F)ccc1[C@@H](c1ccc(F)cc1)N1CCN(c2c(C#N)c(=O)n(C)c3ccc(Br)nc23)CC1. The van der Waals surface area contributed by atoms with Gasteiger partial charge in [0.05, 0.1) is 24.4 Å². The Morgan fingerprint density at radius 2 is 1.71 bits per heavy atom. The molecule has 38 heavy (non-hydrogen) atoms. The Morgan fingerprint density at radius 1 is 1.03 bits per heavy atom. The number of aromatic nitrogens is 2. The summed E-state index contributed by atoms with van der Waals surface area (Å²) >= 11 is 3.41. The van der Waals surface area contributed by atoms with Gasteiger partial charge in [-0.05, 0) is 51.8 Å². The topological polar surface area (TPSA) is 74.4 Å². The average molecular weight is 580 g/mol. The minimum absolute atomic E-state index is 0.0503. The Balaban J connectivity index is 1.54. The van der Waals surface area contributed by atoms with Crippen LogP contribution in [0.5, 0.6) is 5.75 Å². The maximum absolute atomic E-state index is 14.0. The van der Waals surface area contributed by atoms with Crippen molar-refractivity contribution >= 4 is 32.7 Å². The summed E-state index contributed by atoms with van der Waals surface area (Å²) in [4.78, 5) is 21.9. The summed E-state index contributed by atoms with van der Waals surface area (Å²) in [5.41, 5.74) is 3.00. The number of fused-ring (bicyclic) bond motifs is 1. The summed E-state index contributed by atoms with van der Waals surface area (Å²) < 4.78 is 35.3. The van der Waals surface area contributed by atoms with Crippen molar-refractivity contribution in [3.8, 4) is 11.8 Å². The zero-order chi connectivity index (χ0) is 27.0. The second-order valence-corrected chi connectivity index (χ2v) is 9.88. The molecule has 7 nitrogen and oxygen atoms in total. The van der Waals surface area contributed by atoms with Crippen LogP contribution in [0.1, 0.15) is 22.7 Å². The van der Waals surface area contributed by atoms with Gasteiger partial charge in [-0.25, -0.2) is 13.8 Å². The molecule has 5 rings (SSSR count). The number of nitrogens with zero attached hydrogens (tertiary/aromatic N) is 5. The van der Waals surface area contributed by atoms with E-state index >= 15 is 0 Å². The van der Waals surface area contributed by atoms with E-state index in [0.717, 1.165) is 11.1 Å². The van der Waals surface area contributed by atoms with E-state index < -0.39 is 5.82 Å². The van der Waals surface area contributed by atoms with Gasteiger partial charge in [-0.3, -0.25) is 9.69 Å². The zero-order valence-electron chi connectivity index (χ0n) is 20.8. The van der Waals surface area contributed by atoms with Crippen LogP contribution in [-0.2, 0) is 7.05 Å². The van der Waals surface area contributed by atoms with Crippen molar-refractivity contribution in [2.24, 2.45) is 7.05 Å². The molecule has 0 spiro atoms. The summed E-state index contributed by atoms with van der Waals surface area (Å²) in [5, 5.41) is 9.91. The number of rotatable bonds is 5. The monoisotopic (exact) mass is 579 g/mol. The van der Waals surface area contributed by atoms with Gasteiger partial charge in [0, 0.05) is 44.9 Å². The summed E-state index contributed by atoms with van der Waals surface area (Å²) in [7, 11) is 3.12. The number of nitriles is 1. The van der Waals surface area contributed by atoms with Crippen LogP contribution in [0.2, 0.25) is 0 Å². The fourth-order valence-corrected chi connectivity index (χ4v) is 5.43. The molecule has 1 saturated heterocycles. The van der Waals surface area contributed by atoms with Crippen molar-refractivity contribution in [1.29, 1.82) is 5.26 Å². The van der Waals surface area contributed by atoms with E-state index in [2.05, 4.69) is 31.9 Å². The Labute approximate surface area is 226 Å². The van der Waals surface area contributed by atoms with Crippen molar-refractivity contribution in [2.75, 3.05) is 38.2 Å². The fraction of sp³-hybridized carbons (Fsp3) is 0.250. The lowest BCUT2D eigenvalue weighted by Crippen LogP contribution is -2.48. The maximum Gasteiger partial charge on any atom is 0.270 e. The van der Waals surface area contributed by atoms with Crippen LogP contribution in [0.3, 0.4) is 0 Å². The number of hydrogen-bond acceptors (Lipinski definition) is 6. The number of benzene rings is 2. The van der Waals surface area contributed by atoms with Crippen LogP contribution in [0.4, 0.5) is 14.5 Å². The number of aryl methyl sites for hydroxylation is 1. The van der Waals surface area contributed by atoms with Gasteiger partial charge in [0.15, 0.2) is 0 Å². The summed E-state index contributed by atoms with van der Waals surface area (Å²) in [6, 6.07) is 16.0. The highest BCUT2D eigenvalue weighted by Gasteiger charge is 2.31. The molecular formula is C28H24BrF2N5O2. The molecule has 2 aromatic heterocycles. The number of methoxy groups -OCH3 is 1. The highest BCUT2D eigenvalue weighted by atomic mass is 79.9. The van der Waals surface area contributed by atoms with Crippen LogP contribution >= 0.6 is 15.9 Å². The van der Waals surface area contributed by atoms with Crippen LogP contribution < -0.4 is 15.2 Å². The Morgan fingerprint density at radius 3 is 2.37 bits per heavy atom. The fourth-order valence-electron chi connectivity index (χ4n) is 5.13. The average Bonchev–Trinajstić information content (AvgIpc) is 2.92. The molecule has 0 bridgehead atoms. The van der Waals surface area contributed by atoms with Gasteiger partial charge in [-0.1, -0.05) is 18.2 Å². The molecule has 3 heterocycles. The lowest BCUT2D eigenvalue weighted by Gasteiger charge is -2.41. The van der Waals surface area contributed by atoms with Gasteiger partial charge >= 0.3 is 0 Å². The highest BCUT2D eigenvalue weighted by Crippen LogP contribution is 2.37. The molecular weight excluding hydrogens is 556 g/mol. The molecule has 0 unspecified atom stereocenters. The Kier molecular flexibility index (Phi) is 7.15. The van der Waals surface area contributed by atoms with Crippen molar-refractivity contribution in [1.82, 2.24) is 14.5 Å². The van der Waals surface area contributed by atoms with E-state index in [1.54, 1.807) is 37.4 Å². The lowest BCUT2D eigenvalue weighted by molar-refractivity contribution is 0.208. The van der Waals surface area contributed by atoms with E-state index in [9.17, 15) is 18.8 Å². The van der Waals surface area contributed by atoms with E-state index in [1.807, 2.05) is 4.90 Å². The summed E-state index contributed by atoms with van der Waals surface area (Å²) in [6.45, 7) is 2.12. The molecule has 1 aliphatic rings. The molecule has 0 saturated carbocycles. The Bertz CT molecular complexity index is 1610. The molecule has 0 N–H and O–H groups in total. The molecule has 0 aliphatic carbocycles. The van der Waals surface area contributed by atoms with Gasteiger partial charge in [-0.15, -0.1) is 0 Å². The molecule has 10 heteroatoms. The van der Waals surface area contributed by atoms with Gasteiger partial charge < -0.3 is 14.2 Å². The first-order chi connectivity index (χ1) is 18.3. The van der Waals surface area contributed by atoms with Crippen LogP contribution in [0, 0.1) is 23.0 Å². The first-order valence-electron chi connectivity index (χ1n) is 12.0. The second-order valence-electron chi connectivity index (χ2n) is 9.06. The van der Waals surface area contributed by atoms with E-state index in [0.29, 0.717) is 53.3 Å². The van der Waals surface area contributed by atoms with Crippen molar-refractivity contribution < 1.29 is 13.5 Å². The van der Waals surface area contributed by atoms with Gasteiger partial charge in [-0.2, -0.15) is 5.26 Å². The lowest BCUT2D eigenvalue weighted by atomic mass is 9.95. The molecule has 4 aromatic rings. The van der Waals surface area contributed by atoms with Crippen molar-refractivity contribution in [2.45, 2.75) is 6.04 Å². The van der Waals surface area contributed by atoms with E-state index in [1.165, 1.54) is 35.9 Å². The number of pyridine rings is 2. The predicted octanol–water partition coefficient (Wildman–Crippen LogP) is 4.77. The van der Waals surface area contributed by atoms with Crippen molar-refractivity contribution in [3.63, 3.8) is 0 Å². The minimum atomic E-state index is -0.409. The predicted molar refractivity (Wildman–Crippen MR) is 144 cm³/mol. The minimum Gasteiger partial charge on any atom is -0.496 e. The number of halogens is 3. The number of anilines is 1. The van der Waals surface area contributed by atoms with Crippen LogP contribution in [-0.4, -0.2) is 47.7 Å². The number of piperazine rings is 1. The van der Waals surface area contributed by atoms with Crippen molar-refractivity contribution in [3.05, 3.63) is 97.9 Å². The first kappa shape index (κ1) is 25.8. The Hall–Kier alpha value is -3.81. The van der Waals surface area contributed by atoms with Gasteiger partial charge in [0.25, 0.3) is 5.56 Å². The standard InChI is InChI=1S/C28H24BrF2N5O2/c1-34-22-9-10-24(29)33-25(22)27(21(16-32)28(34)37)36-13-11-35(12-14-36)26(17-3-5-18(30)6-4-17)20-8-7-19(31)15-23(20)38-2/h3-10,15,26H,11-14H2,1-2H3/t26-/m1/s1. The molecule has 1 aliphatic heterocycles. The van der Waals surface area contributed by atoms with Crippen LogP contribution in [0.15, 0.2) is 64.0 Å². The first-order valence-corrected chi connectivity index (χ1v) is 12.8. The number of hydrogen-bond donors (Lipinski definition) is 0. The quantitative estimate of drug-likeness (QED) is 0.317. The molecule has 0 amide bonds. The molecule has 1 fully saturated rings. The maximum atomic E-state index is 14.0. The second kappa shape index (κ2) is 10.5. The van der Waals surface area contributed by atoms with E-state index in [-0.39, 0.29) is 23.0 Å². The largest absolute Gasteiger partial charge is 0.496 e. The third kappa shape index (κ3) is 4.64. The van der Waals surface area contributed by atoms with E-state index in [4.69, 9.17) is 4.74 Å². The van der Waals surface area contributed by atoms with Gasteiger partial charge in [0.1, 0.15) is 39.1 Å². The number of ether oxygens (including phenoxy) is 1. The summed E-state index contributed by atoms with van der Waals surface area (Å²) in [6.07, 6.45) is 0. The highest BCUT2D eigenvalue weighted by molar-refractivity contribution is 9.10.